The maximum atomic E-state index is 12.1. The van der Waals surface area contributed by atoms with E-state index in [1.54, 1.807) is 0 Å². The van der Waals surface area contributed by atoms with Gasteiger partial charge in [0.2, 0.25) is 0 Å². The number of nitrogens with zero attached hydrogens (tertiary/aromatic N) is 1. The van der Waals surface area contributed by atoms with Crippen LogP contribution in [0.25, 0.3) is 0 Å². The van der Waals surface area contributed by atoms with Gasteiger partial charge in [0.1, 0.15) is 0 Å². The molecule has 0 atom stereocenters. The molecule has 0 bridgehead atoms. The van der Waals surface area contributed by atoms with Gasteiger partial charge in [-0.2, -0.15) is 0 Å². The Hall–Kier alpha value is -2.60. The normalized spacial score (nSPS) is 14.7. The SMILES string of the molecule is NC(=O)c1ccc(C(=O)NCc2cccc(CN3CCCC3)c2)o1. The van der Waals surface area contributed by atoms with E-state index in [-0.39, 0.29) is 17.4 Å². The molecule has 1 aromatic carbocycles. The Morgan fingerprint density at radius 3 is 2.50 bits per heavy atom. The van der Waals surface area contributed by atoms with E-state index in [0.29, 0.717) is 6.54 Å². The molecule has 24 heavy (non-hydrogen) atoms. The number of likely N-dealkylation sites (tertiary alicyclic amines) is 1. The van der Waals surface area contributed by atoms with Crippen molar-refractivity contribution in [3.05, 3.63) is 59.0 Å². The maximum absolute atomic E-state index is 12.1. The zero-order valence-electron chi connectivity index (χ0n) is 13.5. The Balaban J connectivity index is 1.57. The zero-order chi connectivity index (χ0) is 16.9. The number of nitrogens with two attached hydrogens (primary N) is 1. The monoisotopic (exact) mass is 327 g/mol. The Morgan fingerprint density at radius 1 is 1.08 bits per heavy atom. The van der Waals surface area contributed by atoms with Crippen LogP contribution in [0, 0.1) is 0 Å². The van der Waals surface area contributed by atoms with Crippen molar-refractivity contribution in [1.82, 2.24) is 10.2 Å². The lowest BCUT2D eigenvalue weighted by molar-refractivity contribution is 0.0913. The number of carbonyl (C=O) groups excluding carboxylic acids is 2. The molecule has 0 unspecified atom stereocenters. The smallest absolute Gasteiger partial charge is 0.287 e. The highest BCUT2D eigenvalue weighted by molar-refractivity contribution is 5.94. The van der Waals surface area contributed by atoms with Gasteiger partial charge in [0.15, 0.2) is 11.5 Å². The number of amides is 2. The summed E-state index contributed by atoms with van der Waals surface area (Å²) in [6, 6.07) is 11.0. The second-order valence-corrected chi connectivity index (χ2v) is 6.01. The third-order valence-corrected chi connectivity index (χ3v) is 4.12. The van der Waals surface area contributed by atoms with E-state index in [2.05, 4.69) is 22.3 Å². The van der Waals surface area contributed by atoms with Crippen LogP contribution >= 0.6 is 0 Å². The quantitative estimate of drug-likeness (QED) is 0.848. The van der Waals surface area contributed by atoms with Gasteiger partial charge in [-0.05, 0) is 49.2 Å². The number of nitrogens with one attached hydrogen (secondary N) is 1. The fourth-order valence-electron chi connectivity index (χ4n) is 2.90. The van der Waals surface area contributed by atoms with E-state index >= 15 is 0 Å². The molecule has 126 valence electrons. The van der Waals surface area contributed by atoms with Crippen molar-refractivity contribution in [3.63, 3.8) is 0 Å². The second kappa shape index (κ2) is 7.31. The minimum absolute atomic E-state index is 0.0206. The molecule has 1 aromatic heterocycles. The lowest BCUT2D eigenvalue weighted by atomic mass is 10.1. The van der Waals surface area contributed by atoms with Crippen molar-refractivity contribution in [2.75, 3.05) is 13.1 Å². The average molecular weight is 327 g/mol. The van der Waals surface area contributed by atoms with Crippen molar-refractivity contribution in [3.8, 4) is 0 Å². The van der Waals surface area contributed by atoms with Crippen LogP contribution < -0.4 is 11.1 Å². The zero-order valence-corrected chi connectivity index (χ0v) is 13.5. The number of hydrogen-bond acceptors (Lipinski definition) is 4. The predicted molar refractivity (Wildman–Crippen MR) is 89.3 cm³/mol. The van der Waals surface area contributed by atoms with Gasteiger partial charge >= 0.3 is 0 Å². The van der Waals surface area contributed by atoms with Crippen molar-refractivity contribution in [1.29, 1.82) is 0 Å². The first kappa shape index (κ1) is 16.3. The summed E-state index contributed by atoms with van der Waals surface area (Å²) in [7, 11) is 0. The fraction of sp³-hybridized carbons (Fsp3) is 0.333. The average Bonchev–Trinajstić information content (AvgIpc) is 3.24. The highest BCUT2D eigenvalue weighted by Crippen LogP contribution is 2.14. The summed E-state index contributed by atoms with van der Waals surface area (Å²) in [6.45, 7) is 3.66. The summed E-state index contributed by atoms with van der Waals surface area (Å²) >= 11 is 0. The molecule has 0 radical (unpaired) electrons. The van der Waals surface area contributed by atoms with Crippen LogP contribution in [-0.4, -0.2) is 29.8 Å². The van der Waals surface area contributed by atoms with E-state index in [1.807, 2.05) is 12.1 Å². The standard InChI is InChI=1S/C18H21N3O3/c19-17(22)15-6-7-16(24-15)18(23)20-11-13-4-3-5-14(10-13)12-21-8-1-2-9-21/h3-7,10H,1-2,8-9,11-12H2,(H2,19,22)(H,20,23). The van der Waals surface area contributed by atoms with Gasteiger partial charge in [0, 0.05) is 13.1 Å². The van der Waals surface area contributed by atoms with Gasteiger partial charge in [0.05, 0.1) is 0 Å². The van der Waals surface area contributed by atoms with Gasteiger partial charge in [0.25, 0.3) is 11.8 Å². The molecule has 0 aliphatic carbocycles. The van der Waals surface area contributed by atoms with Crippen molar-refractivity contribution < 1.29 is 14.0 Å². The number of primary amides is 1. The number of hydrogen-bond donors (Lipinski definition) is 2. The third kappa shape index (κ3) is 4.02. The summed E-state index contributed by atoms with van der Waals surface area (Å²) in [6.07, 6.45) is 2.54. The molecule has 1 fully saturated rings. The van der Waals surface area contributed by atoms with Crippen molar-refractivity contribution in [2.24, 2.45) is 5.73 Å². The maximum Gasteiger partial charge on any atom is 0.287 e. The first-order valence-corrected chi connectivity index (χ1v) is 8.10. The van der Waals surface area contributed by atoms with Gasteiger partial charge < -0.3 is 15.5 Å². The molecule has 6 heteroatoms. The van der Waals surface area contributed by atoms with E-state index < -0.39 is 5.91 Å². The largest absolute Gasteiger partial charge is 0.446 e. The number of benzene rings is 1. The van der Waals surface area contributed by atoms with Crippen LogP contribution in [-0.2, 0) is 13.1 Å². The lowest BCUT2D eigenvalue weighted by Crippen LogP contribution is -2.23. The summed E-state index contributed by atoms with van der Waals surface area (Å²) < 4.78 is 5.11. The molecule has 3 rings (SSSR count). The first-order chi connectivity index (χ1) is 11.6. The minimum Gasteiger partial charge on any atom is -0.446 e. The molecular weight excluding hydrogens is 306 g/mol. The summed E-state index contributed by atoms with van der Waals surface area (Å²) in [5, 5.41) is 2.79. The van der Waals surface area contributed by atoms with Crippen molar-refractivity contribution in [2.45, 2.75) is 25.9 Å². The fourth-order valence-corrected chi connectivity index (χ4v) is 2.90. The Bertz CT molecular complexity index is 733. The Kier molecular flexibility index (Phi) is 4.96. The van der Waals surface area contributed by atoms with Crippen LogP contribution in [0.4, 0.5) is 0 Å². The van der Waals surface area contributed by atoms with E-state index in [4.69, 9.17) is 10.2 Å². The first-order valence-electron chi connectivity index (χ1n) is 8.10. The van der Waals surface area contributed by atoms with Crippen molar-refractivity contribution >= 4 is 11.8 Å². The molecule has 0 saturated carbocycles. The van der Waals surface area contributed by atoms with Gasteiger partial charge in [-0.3, -0.25) is 14.5 Å². The van der Waals surface area contributed by atoms with E-state index in [1.165, 1.54) is 30.5 Å². The summed E-state index contributed by atoms with van der Waals surface area (Å²) in [4.78, 5) is 25.5. The molecule has 2 aromatic rings. The Morgan fingerprint density at radius 2 is 1.79 bits per heavy atom. The van der Waals surface area contributed by atoms with Crippen LogP contribution in [0.3, 0.4) is 0 Å². The topological polar surface area (TPSA) is 88.6 Å². The number of furan rings is 1. The summed E-state index contributed by atoms with van der Waals surface area (Å²) in [5.41, 5.74) is 7.38. The van der Waals surface area contributed by atoms with Gasteiger partial charge in [-0.1, -0.05) is 24.3 Å². The molecule has 2 heterocycles. The van der Waals surface area contributed by atoms with Crippen LogP contribution in [0.1, 0.15) is 45.1 Å². The Labute approximate surface area is 140 Å². The van der Waals surface area contributed by atoms with Crippen LogP contribution in [0.2, 0.25) is 0 Å². The highest BCUT2D eigenvalue weighted by atomic mass is 16.4. The van der Waals surface area contributed by atoms with E-state index in [9.17, 15) is 9.59 Å². The predicted octanol–water partition coefficient (Wildman–Crippen LogP) is 1.90. The number of carbonyl (C=O) groups is 2. The van der Waals surface area contributed by atoms with E-state index in [0.717, 1.165) is 25.2 Å². The third-order valence-electron chi connectivity index (χ3n) is 4.12. The molecule has 0 spiro atoms. The van der Waals surface area contributed by atoms with Crippen LogP contribution in [0.15, 0.2) is 40.8 Å². The highest BCUT2D eigenvalue weighted by Gasteiger charge is 2.14. The molecule has 1 aliphatic rings. The molecule has 1 aliphatic heterocycles. The molecule has 3 N–H and O–H groups in total. The molecule has 2 amide bonds. The molecule has 6 nitrogen and oxygen atoms in total. The van der Waals surface area contributed by atoms with Gasteiger partial charge in [-0.15, -0.1) is 0 Å². The molecule has 1 saturated heterocycles. The second-order valence-electron chi connectivity index (χ2n) is 6.01. The van der Waals surface area contributed by atoms with Gasteiger partial charge in [-0.25, -0.2) is 0 Å². The lowest BCUT2D eigenvalue weighted by Gasteiger charge is -2.15. The molecular formula is C18H21N3O3. The minimum atomic E-state index is -0.691. The van der Waals surface area contributed by atoms with Crippen LogP contribution in [0.5, 0.6) is 0 Å². The number of rotatable bonds is 6. The summed E-state index contributed by atoms with van der Waals surface area (Å²) in [5.74, 6) is -0.999.